The molecule has 0 aliphatic rings. The van der Waals surface area contributed by atoms with Crippen molar-refractivity contribution in [3.8, 4) is 33.4 Å². The molecule has 10 aromatic rings. The predicted molar refractivity (Wildman–Crippen MR) is 220 cm³/mol. The Kier molecular flexibility index (Phi) is 6.68. The van der Waals surface area contributed by atoms with Gasteiger partial charge in [0.15, 0.2) is 0 Å². The first-order valence-electron chi connectivity index (χ1n) is 18.6. The fourth-order valence-electron chi connectivity index (χ4n) is 7.58. The summed E-state index contributed by atoms with van der Waals surface area (Å²) in [6, 6.07) is 66.0. The monoisotopic (exact) mass is 665 g/mol. The Labute approximate surface area is 305 Å². The Hall–Kier alpha value is -6.90. The maximum atomic E-state index is 9.17. The van der Waals surface area contributed by atoms with E-state index in [1.165, 1.54) is 21.9 Å². The van der Waals surface area contributed by atoms with Crippen LogP contribution in [0.4, 0.5) is 17.1 Å². The third-order valence-electron chi connectivity index (χ3n) is 10.1. The minimum atomic E-state index is 0.402. The van der Waals surface area contributed by atoms with Gasteiger partial charge in [-0.3, -0.25) is 0 Å². The smallest absolute Gasteiger partial charge is 0.136 e. The molecular weight excluding hydrogens is 631 g/mol. The summed E-state index contributed by atoms with van der Waals surface area (Å²) in [7, 11) is 0. The van der Waals surface area contributed by atoms with Crippen molar-refractivity contribution >= 4 is 60.5 Å². The van der Waals surface area contributed by atoms with Gasteiger partial charge in [0.25, 0.3) is 0 Å². The lowest BCUT2D eigenvalue weighted by molar-refractivity contribution is 0.669. The van der Waals surface area contributed by atoms with Crippen LogP contribution in [-0.2, 0) is 0 Å². The van der Waals surface area contributed by atoms with E-state index in [1.807, 2.05) is 30.3 Å². The van der Waals surface area contributed by atoms with E-state index in [9.17, 15) is 1.37 Å². The Balaban J connectivity index is 1.08. The molecule has 0 saturated heterocycles. The van der Waals surface area contributed by atoms with Gasteiger partial charge in [0, 0.05) is 27.7 Å². The van der Waals surface area contributed by atoms with Crippen LogP contribution in [0.5, 0.6) is 0 Å². The van der Waals surface area contributed by atoms with Crippen LogP contribution in [0.1, 0.15) is 2.74 Å². The summed E-state index contributed by atoms with van der Waals surface area (Å²) in [6.45, 7) is 0. The van der Waals surface area contributed by atoms with E-state index in [0.717, 1.165) is 60.9 Å². The van der Waals surface area contributed by atoms with Gasteiger partial charge in [-0.2, -0.15) is 0 Å². The van der Waals surface area contributed by atoms with E-state index < -0.39 is 0 Å². The van der Waals surface area contributed by atoms with Crippen molar-refractivity contribution in [2.45, 2.75) is 0 Å². The average Bonchev–Trinajstić information content (AvgIpc) is 3.62. The summed E-state index contributed by atoms with van der Waals surface area (Å²) < 4.78 is 23.8. The van der Waals surface area contributed by atoms with Crippen molar-refractivity contribution in [2.24, 2.45) is 0 Å². The maximum absolute atomic E-state index is 9.17. The molecule has 0 atom stereocenters. The fraction of sp³-hybridized carbons (Fsp3) is 0. The molecule has 0 spiro atoms. The first-order valence-corrected chi connectivity index (χ1v) is 17.6. The zero-order valence-electron chi connectivity index (χ0n) is 30.3. The van der Waals surface area contributed by atoms with E-state index in [0.29, 0.717) is 23.3 Å². The quantitative estimate of drug-likeness (QED) is 0.176. The lowest BCUT2D eigenvalue weighted by atomic mass is 9.97. The van der Waals surface area contributed by atoms with Crippen LogP contribution in [0.2, 0.25) is 0 Å². The van der Waals surface area contributed by atoms with Crippen molar-refractivity contribution in [3.05, 3.63) is 200 Å². The Morgan fingerprint density at radius 3 is 1.90 bits per heavy atom. The molecule has 0 unspecified atom stereocenters. The Morgan fingerprint density at radius 1 is 0.385 bits per heavy atom. The standard InChI is InChI=1S/C50H33NO/c1-2-11-36(12-3-1)44-16-6-8-19-47(44)51(41-29-23-37(24-30-41)43-18-10-14-35-13-4-5-15-42(35)43)40-27-21-34(22-28-40)38-25-31-45-39(33-38)26-32-49-50(45)46-17-7-9-20-48(46)52-49/h1-33H/i17D,31D. The SMILES string of the molecule is [2H]c1cc(-c2ccc(N(c3ccc(-c4cccc5ccccc45)cc3)c3ccccc3-c3ccccc3)cc2)cc2ccc3oc4cccc([2H])c4c3c12. The number of hydrogen-bond donors (Lipinski definition) is 0. The van der Waals surface area contributed by atoms with Gasteiger partial charge in [-0.05, 0) is 97.9 Å². The molecule has 2 heteroatoms. The lowest BCUT2D eigenvalue weighted by Gasteiger charge is -2.28. The van der Waals surface area contributed by atoms with Crippen LogP contribution in [0, 0.1) is 0 Å². The zero-order valence-corrected chi connectivity index (χ0v) is 28.3. The molecule has 9 aromatic carbocycles. The molecule has 2 nitrogen and oxygen atoms in total. The highest BCUT2D eigenvalue weighted by Gasteiger charge is 2.18. The number of nitrogens with zero attached hydrogens (tertiary/aromatic N) is 1. The van der Waals surface area contributed by atoms with Crippen LogP contribution in [0.3, 0.4) is 0 Å². The number of anilines is 3. The Morgan fingerprint density at radius 2 is 1.06 bits per heavy atom. The third kappa shape index (κ3) is 5.12. The maximum Gasteiger partial charge on any atom is 0.136 e. The highest BCUT2D eigenvalue weighted by atomic mass is 16.3. The minimum Gasteiger partial charge on any atom is -0.456 e. The molecule has 0 N–H and O–H groups in total. The summed E-state index contributed by atoms with van der Waals surface area (Å²) >= 11 is 0. The second kappa shape index (κ2) is 12.5. The molecule has 244 valence electrons. The highest BCUT2D eigenvalue weighted by molar-refractivity contribution is 6.19. The number of rotatable bonds is 6. The largest absolute Gasteiger partial charge is 0.456 e. The Bertz CT molecular complexity index is 3000. The average molecular weight is 666 g/mol. The number of para-hydroxylation sites is 2. The molecular formula is C50H33NO. The van der Waals surface area contributed by atoms with Crippen LogP contribution in [0.25, 0.3) is 76.9 Å². The van der Waals surface area contributed by atoms with Crippen molar-refractivity contribution in [2.75, 3.05) is 4.90 Å². The topological polar surface area (TPSA) is 16.4 Å². The molecule has 0 aliphatic heterocycles. The first-order chi connectivity index (χ1) is 26.6. The van der Waals surface area contributed by atoms with Gasteiger partial charge in [0.05, 0.1) is 8.43 Å². The number of benzene rings is 9. The van der Waals surface area contributed by atoms with Crippen LogP contribution < -0.4 is 4.90 Å². The van der Waals surface area contributed by atoms with Gasteiger partial charge in [0.1, 0.15) is 11.2 Å². The highest BCUT2D eigenvalue weighted by Crippen LogP contribution is 2.43. The zero-order chi connectivity index (χ0) is 36.2. The second-order valence-corrected chi connectivity index (χ2v) is 13.1. The van der Waals surface area contributed by atoms with Gasteiger partial charge in [-0.1, -0.05) is 152 Å². The molecule has 0 fully saturated rings. The summed E-state index contributed by atoms with van der Waals surface area (Å²) in [5.74, 6) is 0. The van der Waals surface area contributed by atoms with Crippen molar-refractivity contribution < 1.29 is 7.16 Å². The molecule has 1 heterocycles. The predicted octanol–water partition coefficient (Wildman–Crippen LogP) is 14.4. The lowest BCUT2D eigenvalue weighted by Crippen LogP contribution is -2.11. The normalized spacial score (nSPS) is 12.0. The number of hydrogen-bond acceptors (Lipinski definition) is 2. The molecule has 0 radical (unpaired) electrons. The third-order valence-corrected chi connectivity index (χ3v) is 10.1. The number of fused-ring (bicyclic) bond motifs is 6. The summed E-state index contributed by atoms with van der Waals surface area (Å²) in [5, 5.41) is 5.81. The molecule has 52 heavy (non-hydrogen) atoms. The van der Waals surface area contributed by atoms with E-state index in [2.05, 4.69) is 157 Å². The second-order valence-electron chi connectivity index (χ2n) is 13.1. The van der Waals surface area contributed by atoms with Crippen LogP contribution in [0.15, 0.2) is 205 Å². The van der Waals surface area contributed by atoms with Crippen LogP contribution in [-0.4, -0.2) is 0 Å². The molecule has 0 saturated carbocycles. The summed E-state index contributed by atoms with van der Waals surface area (Å²) in [6.07, 6.45) is 0. The van der Waals surface area contributed by atoms with Crippen molar-refractivity contribution in [1.29, 1.82) is 0 Å². The molecule has 1 aromatic heterocycles. The number of furan rings is 1. The van der Waals surface area contributed by atoms with Gasteiger partial charge in [-0.15, -0.1) is 0 Å². The fourth-order valence-corrected chi connectivity index (χ4v) is 7.58. The van der Waals surface area contributed by atoms with E-state index in [4.69, 9.17) is 5.79 Å². The van der Waals surface area contributed by atoms with E-state index >= 15 is 0 Å². The summed E-state index contributed by atoms with van der Waals surface area (Å²) in [4.78, 5) is 2.33. The van der Waals surface area contributed by atoms with E-state index in [-0.39, 0.29) is 0 Å². The van der Waals surface area contributed by atoms with Gasteiger partial charge < -0.3 is 9.32 Å². The van der Waals surface area contributed by atoms with Gasteiger partial charge in [0.2, 0.25) is 0 Å². The van der Waals surface area contributed by atoms with Gasteiger partial charge in [-0.25, -0.2) is 0 Å². The van der Waals surface area contributed by atoms with Crippen molar-refractivity contribution in [3.63, 3.8) is 0 Å². The summed E-state index contributed by atoms with van der Waals surface area (Å²) in [5.41, 5.74) is 11.2. The van der Waals surface area contributed by atoms with Crippen molar-refractivity contribution in [1.82, 2.24) is 0 Å². The first kappa shape index (κ1) is 27.9. The van der Waals surface area contributed by atoms with E-state index in [1.54, 1.807) is 6.07 Å². The molecule has 0 aliphatic carbocycles. The van der Waals surface area contributed by atoms with Crippen LogP contribution >= 0.6 is 0 Å². The minimum absolute atomic E-state index is 0.402. The van der Waals surface area contributed by atoms with Gasteiger partial charge >= 0.3 is 0 Å². The molecule has 0 bridgehead atoms. The molecule has 10 rings (SSSR count). The molecule has 0 amide bonds.